The maximum absolute atomic E-state index is 12.1. The third kappa shape index (κ3) is 4.97. The monoisotopic (exact) mass is 313 g/mol. The van der Waals surface area contributed by atoms with Crippen molar-refractivity contribution >= 4 is 46.9 Å². The van der Waals surface area contributed by atoms with E-state index in [2.05, 4.69) is 24.4 Å². The van der Waals surface area contributed by atoms with Gasteiger partial charge in [-0.25, -0.2) is 0 Å². The molecule has 1 aromatic rings. The first kappa shape index (κ1) is 15.1. The number of unbranched alkanes of at least 4 members (excludes halogenated alkanes) is 1. The summed E-state index contributed by atoms with van der Waals surface area (Å²) in [4.78, 5) is 12.1. The molecule has 1 saturated heterocycles. The molecule has 2 nitrogen and oxygen atoms in total. The molecule has 2 rings (SSSR count). The van der Waals surface area contributed by atoms with Crippen molar-refractivity contribution in [1.82, 2.24) is 0 Å². The lowest BCUT2D eigenvalue weighted by Gasteiger charge is -2.19. The summed E-state index contributed by atoms with van der Waals surface area (Å²) in [5, 5.41) is 5.03. The van der Waals surface area contributed by atoms with Crippen LogP contribution < -0.4 is 5.32 Å². The molecule has 0 bridgehead atoms. The molecule has 0 atom stereocenters. The largest absolute Gasteiger partial charge is 0.324 e. The highest BCUT2D eigenvalue weighted by Gasteiger charge is 2.22. The molecule has 0 spiro atoms. The number of nitrogens with one attached hydrogen (secondary N) is 1. The van der Waals surface area contributed by atoms with E-state index < -0.39 is 0 Å². The number of hydrogen-bond acceptors (Lipinski definition) is 4. The van der Waals surface area contributed by atoms with E-state index in [-0.39, 0.29) is 10.5 Å². The van der Waals surface area contributed by atoms with Crippen molar-refractivity contribution in [3.05, 3.63) is 29.8 Å². The first-order valence-electron chi connectivity index (χ1n) is 6.50. The quantitative estimate of drug-likeness (QED) is 0.871. The summed E-state index contributed by atoms with van der Waals surface area (Å²) >= 11 is 5.32. The van der Waals surface area contributed by atoms with Crippen molar-refractivity contribution in [2.24, 2.45) is 0 Å². The van der Waals surface area contributed by atoms with Crippen molar-refractivity contribution < 1.29 is 4.79 Å². The van der Waals surface area contributed by atoms with E-state index in [9.17, 15) is 4.79 Å². The van der Waals surface area contributed by atoms with Gasteiger partial charge in [-0.1, -0.05) is 25.5 Å². The second kappa shape index (κ2) is 8.12. The third-order valence-electron chi connectivity index (χ3n) is 2.86. The van der Waals surface area contributed by atoms with Crippen LogP contribution in [0.25, 0.3) is 0 Å². The maximum Gasteiger partial charge on any atom is 0.247 e. The lowest BCUT2D eigenvalue weighted by Crippen LogP contribution is -2.24. The van der Waals surface area contributed by atoms with Crippen molar-refractivity contribution in [2.75, 3.05) is 15.5 Å². The van der Waals surface area contributed by atoms with Crippen molar-refractivity contribution in [3.63, 3.8) is 0 Å². The molecule has 1 aliphatic heterocycles. The molecule has 0 aromatic heterocycles. The second-order valence-electron chi connectivity index (χ2n) is 4.39. The highest BCUT2D eigenvalue weighted by Crippen LogP contribution is 2.36. The Balaban J connectivity index is 1.86. The van der Waals surface area contributed by atoms with Crippen LogP contribution in [0.2, 0.25) is 0 Å². The van der Waals surface area contributed by atoms with Gasteiger partial charge in [0, 0.05) is 15.9 Å². The fourth-order valence-electron chi connectivity index (χ4n) is 1.79. The zero-order chi connectivity index (χ0) is 13.5. The minimum absolute atomic E-state index is 0.0426. The summed E-state index contributed by atoms with van der Waals surface area (Å²) in [6.07, 6.45) is 3.56. The number of anilines is 1. The Kier molecular flexibility index (Phi) is 6.47. The molecule has 1 heterocycles. The van der Waals surface area contributed by atoms with Crippen LogP contribution in [-0.2, 0) is 11.2 Å². The fourth-order valence-corrected chi connectivity index (χ4v) is 6.24. The number of rotatable bonds is 5. The van der Waals surface area contributed by atoms with Crippen LogP contribution in [-0.4, -0.2) is 20.7 Å². The summed E-state index contributed by atoms with van der Waals surface area (Å²) < 4.78 is 0.0426. The van der Waals surface area contributed by atoms with Gasteiger partial charge < -0.3 is 5.32 Å². The molecule has 1 aliphatic rings. The predicted molar refractivity (Wildman–Crippen MR) is 90.0 cm³/mol. The molecule has 1 N–H and O–H groups in total. The average Bonchev–Trinajstić information content (AvgIpc) is 2.47. The van der Waals surface area contributed by atoms with Crippen molar-refractivity contribution in [1.29, 1.82) is 0 Å². The molecule has 0 saturated carbocycles. The van der Waals surface area contributed by atoms with Crippen LogP contribution in [0.3, 0.4) is 0 Å². The maximum atomic E-state index is 12.1. The zero-order valence-corrected chi connectivity index (χ0v) is 13.5. The zero-order valence-electron chi connectivity index (χ0n) is 11.1. The standard InChI is InChI=1S/C14H19NOS3/c1-2-3-4-11-5-7-12(8-6-11)15-13(16)14-18-9-17-10-19-14/h5-8,14H,2-4,9-10H2,1H3,(H,15,16). The second-order valence-corrected chi connectivity index (χ2v) is 8.60. The molecule has 1 amide bonds. The number of carbonyl (C=O) groups excluding carboxylic acids is 1. The topological polar surface area (TPSA) is 29.1 Å². The van der Waals surface area contributed by atoms with Gasteiger partial charge in [-0.3, -0.25) is 4.79 Å². The number of hydrogen-bond donors (Lipinski definition) is 1. The lowest BCUT2D eigenvalue weighted by atomic mass is 10.1. The van der Waals surface area contributed by atoms with E-state index in [1.165, 1.54) is 18.4 Å². The Labute approximate surface area is 127 Å². The van der Waals surface area contributed by atoms with E-state index >= 15 is 0 Å². The van der Waals surface area contributed by atoms with E-state index in [0.29, 0.717) is 0 Å². The molecule has 1 aromatic carbocycles. The van der Waals surface area contributed by atoms with Gasteiger partial charge in [-0.2, -0.15) is 0 Å². The Bertz CT molecular complexity index is 402. The number of aryl methyl sites for hydroxylation is 1. The van der Waals surface area contributed by atoms with Crippen molar-refractivity contribution in [2.45, 2.75) is 30.8 Å². The van der Waals surface area contributed by atoms with Gasteiger partial charge in [0.05, 0.1) is 0 Å². The van der Waals surface area contributed by atoms with Crippen LogP contribution in [0.4, 0.5) is 5.69 Å². The molecule has 1 fully saturated rings. The molecule has 104 valence electrons. The molecule has 5 heteroatoms. The van der Waals surface area contributed by atoms with Gasteiger partial charge in [0.1, 0.15) is 4.58 Å². The van der Waals surface area contributed by atoms with E-state index in [1.54, 1.807) is 23.5 Å². The van der Waals surface area contributed by atoms with Crippen LogP contribution in [0.5, 0.6) is 0 Å². The van der Waals surface area contributed by atoms with Crippen LogP contribution in [0.1, 0.15) is 25.3 Å². The number of carbonyl (C=O) groups is 1. The molecule has 0 radical (unpaired) electrons. The Morgan fingerprint density at radius 2 is 1.95 bits per heavy atom. The van der Waals surface area contributed by atoms with E-state index in [4.69, 9.17) is 0 Å². The minimum atomic E-state index is 0.0426. The minimum Gasteiger partial charge on any atom is -0.324 e. The summed E-state index contributed by atoms with van der Waals surface area (Å²) in [5.74, 6) is 0.122. The predicted octanol–water partition coefficient (Wildman–Crippen LogP) is 4.42. The number of amides is 1. The molecule has 0 aliphatic carbocycles. The van der Waals surface area contributed by atoms with Crippen LogP contribution >= 0.6 is 35.3 Å². The lowest BCUT2D eigenvalue weighted by molar-refractivity contribution is -0.114. The van der Waals surface area contributed by atoms with Gasteiger partial charge in [-0.15, -0.1) is 35.3 Å². The average molecular weight is 314 g/mol. The fraction of sp³-hybridized carbons (Fsp3) is 0.500. The first-order chi connectivity index (χ1) is 9.29. The molecular formula is C14H19NOS3. The smallest absolute Gasteiger partial charge is 0.247 e. The first-order valence-corrected chi connectivity index (χ1v) is 9.75. The summed E-state index contributed by atoms with van der Waals surface area (Å²) in [6.45, 7) is 2.20. The molecule has 19 heavy (non-hydrogen) atoms. The summed E-state index contributed by atoms with van der Waals surface area (Å²) in [6, 6.07) is 8.25. The Morgan fingerprint density at radius 3 is 2.58 bits per heavy atom. The Hall–Kier alpha value is -0.260. The van der Waals surface area contributed by atoms with Crippen molar-refractivity contribution in [3.8, 4) is 0 Å². The van der Waals surface area contributed by atoms with Gasteiger partial charge >= 0.3 is 0 Å². The van der Waals surface area contributed by atoms with E-state index in [0.717, 1.165) is 22.3 Å². The SMILES string of the molecule is CCCCc1ccc(NC(=O)C2SCSCS2)cc1. The summed E-state index contributed by atoms with van der Waals surface area (Å²) in [7, 11) is 0. The highest BCUT2D eigenvalue weighted by atomic mass is 32.3. The van der Waals surface area contributed by atoms with Gasteiger partial charge in [0.2, 0.25) is 5.91 Å². The highest BCUT2D eigenvalue weighted by molar-refractivity contribution is 8.33. The Morgan fingerprint density at radius 1 is 1.26 bits per heavy atom. The molecule has 0 unspecified atom stereocenters. The van der Waals surface area contributed by atoms with Gasteiger partial charge in [0.25, 0.3) is 0 Å². The van der Waals surface area contributed by atoms with Gasteiger partial charge in [-0.05, 0) is 30.5 Å². The number of benzene rings is 1. The van der Waals surface area contributed by atoms with Crippen LogP contribution in [0, 0.1) is 0 Å². The normalized spacial score (nSPS) is 16.3. The summed E-state index contributed by atoms with van der Waals surface area (Å²) in [5.41, 5.74) is 2.25. The third-order valence-corrected chi connectivity index (χ3v) is 7.13. The van der Waals surface area contributed by atoms with Gasteiger partial charge in [0.15, 0.2) is 0 Å². The molecular weight excluding hydrogens is 294 g/mol. The van der Waals surface area contributed by atoms with Crippen LogP contribution in [0.15, 0.2) is 24.3 Å². The van der Waals surface area contributed by atoms with E-state index in [1.807, 2.05) is 23.9 Å². The number of thioether (sulfide) groups is 3.